The fourth-order valence-electron chi connectivity index (χ4n) is 4.49. The molecule has 196 valence electrons. The molecule has 1 saturated carbocycles. The fraction of sp³-hybridized carbons (Fsp3) is 0.333. The lowest BCUT2D eigenvalue weighted by atomic mass is 10.00. The van der Waals surface area contributed by atoms with E-state index in [1.165, 1.54) is 18.9 Å². The molecule has 1 amide bonds. The quantitative estimate of drug-likeness (QED) is 0.244. The van der Waals surface area contributed by atoms with Crippen LogP contribution in [0.15, 0.2) is 54.6 Å². The first-order valence-electron chi connectivity index (χ1n) is 11.7. The van der Waals surface area contributed by atoms with Gasteiger partial charge in [-0.25, -0.2) is 4.79 Å². The van der Waals surface area contributed by atoms with Crippen LogP contribution in [0, 0.1) is 6.92 Å². The highest BCUT2D eigenvalue weighted by atomic mass is 35.5. The van der Waals surface area contributed by atoms with E-state index in [9.17, 15) is 22.8 Å². The van der Waals surface area contributed by atoms with Gasteiger partial charge in [-0.1, -0.05) is 54.1 Å². The van der Waals surface area contributed by atoms with Gasteiger partial charge in [0.1, 0.15) is 11.4 Å². The predicted octanol–water partition coefficient (Wildman–Crippen LogP) is 6.92. The lowest BCUT2D eigenvalue weighted by Crippen LogP contribution is -2.43. The fourth-order valence-corrected chi connectivity index (χ4v) is 4.61. The minimum atomic E-state index is -4.74. The number of carbonyl (C=O) groups excluding carboxylic acids is 2. The molecule has 0 spiro atoms. The standard InChI is InChI=1S/C27H26ClF3N2O4/c1-4-36-25(35)37-26(14-15-26)32(3)24(34)22-21(19-10-12-20(28)13-11-19)17(2)23(27(29,30)31)33(22)16-18-8-6-5-7-9-18/h5-13H,4,14-16H2,1-3H3. The van der Waals surface area contributed by atoms with Gasteiger partial charge in [0.15, 0.2) is 5.72 Å². The topological polar surface area (TPSA) is 60.8 Å². The highest BCUT2D eigenvalue weighted by molar-refractivity contribution is 6.30. The Morgan fingerprint density at radius 3 is 2.24 bits per heavy atom. The number of ether oxygens (including phenoxy) is 2. The van der Waals surface area contributed by atoms with Crippen molar-refractivity contribution in [2.45, 2.75) is 45.1 Å². The second-order valence-corrected chi connectivity index (χ2v) is 9.31. The first kappa shape index (κ1) is 26.6. The molecule has 0 unspecified atom stereocenters. The van der Waals surface area contributed by atoms with Crippen LogP contribution in [0.4, 0.5) is 18.0 Å². The normalized spacial score (nSPS) is 14.2. The van der Waals surface area contributed by atoms with Gasteiger partial charge >= 0.3 is 12.3 Å². The second kappa shape index (κ2) is 10.1. The highest BCUT2D eigenvalue weighted by Crippen LogP contribution is 2.46. The van der Waals surface area contributed by atoms with Crippen molar-refractivity contribution in [1.29, 1.82) is 0 Å². The molecule has 0 N–H and O–H groups in total. The van der Waals surface area contributed by atoms with Gasteiger partial charge in [-0.05, 0) is 42.7 Å². The maximum atomic E-state index is 14.5. The number of hydrogen-bond acceptors (Lipinski definition) is 4. The molecule has 1 aromatic heterocycles. The number of halogens is 4. The highest BCUT2D eigenvalue weighted by Gasteiger charge is 2.54. The molecule has 3 aromatic rings. The van der Waals surface area contributed by atoms with Crippen molar-refractivity contribution in [3.63, 3.8) is 0 Å². The molecule has 1 heterocycles. The molecule has 37 heavy (non-hydrogen) atoms. The molecule has 1 aliphatic rings. The Morgan fingerprint density at radius 1 is 1.08 bits per heavy atom. The molecule has 10 heteroatoms. The number of nitrogens with zero attached hydrogens (tertiary/aromatic N) is 2. The van der Waals surface area contributed by atoms with E-state index in [2.05, 4.69) is 0 Å². The predicted molar refractivity (Wildman–Crippen MR) is 132 cm³/mol. The summed E-state index contributed by atoms with van der Waals surface area (Å²) in [5.74, 6) is -0.707. The maximum Gasteiger partial charge on any atom is 0.510 e. The van der Waals surface area contributed by atoms with Crippen LogP contribution < -0.4 is 0 Å². The zero-order chi connectivity index (χ0) is 27.0. The van der Waals surface area contributed by atoms with Crippen LogP contribution in [0.3, 0.4) is 0 Å². The van der Waals surface area contributed by atoms with Crippen LogP contribution in [0.1, 0.15) is 47.1 Å². The number of benzene rings is 2. The number of carbonyl (C=O) groups is 2. The summed E-state index contributed by atoms with van der Waals surface area (Å²) >= 11 is 6.03. The van der Waals surface area contributed by atoms with Crippen LogP contribution in [-0.2, 0) is 22.2 Å². The minimum absolute atomic E-state index is 0.0846. The Labute approximate surface area is 217 Å². The van der Waals surface area contributed by atoms with Crippen molar-refractivity contribution in [2.75, 3.05) is 13.7 Å². The summed E-state index contributed by atoms with van der Waals surface area (Å²) in [5.41, 5.74) is -1.30. The SMILES string of the molecule is CCOC(=O)OC1(N(C)C(=O)c2c(-c3ccc(Cl)cc3)c(C)c(C(F)(F)F)n2Cc2ccccc2)CC1. The monoisotopic (exact) mass is 534 g/mol. The molecule has 1 fully saturated rings. The van der Waals surface area contributed by atoms with Crippen molar-refractivity contribution >= 4 is 23.7 Å². The van der Waals surface area contributed by atoms with Gasteiger partial charge in [0.05, 0.1) is 6.61 Å². The van der Waals surface area contributed by atoms with E-state index >= 15 is 0 Å². The van der Waals surface area contributed by atoms with E-state index in [0.717, 1.165) is 4.57 Å². The maximum absolute atomic E-state index is 14.5. The summed E-state index contributed by atoms with van der Waals surface area (Å²) in [7, 11) is 1.42. The molecule has 1 aliphatic carbocycles. The molecule has 4 rings (SSSR count). The Hall–Kier alpha value is -3.46. The zero-order valence-electron chi connectivity index (χ0n) is 20.6. The molecule has 0 bridgehead atoms. The van der Waals surface area contributed by atoms with Crippen molar-refractivity contribution < 1.29 is 32.2 Å². The number of rotatable bonds is 7. The summed E-state index contributed by atoms with van der Waals surface area (Å²) in [4.78, 5) is 27.2. The third kappa shape index (κ3) is 5.32. The van der Waals surface area contributed by atoms with E-state index in [4.69, 9.17) is 21.1 Å². The smallest absolute Gasteiger partial charge is 0.435 e. The van der Waals surface area contributed by atoms with Crippen LogP contribution in [-0.4, -0.2) is 40.9 Å². The lowest BCUT2D eigenvalue weighted by Gasteiger charge is -2.28. The summed E-state index contributed by atoms with van der Waals surface area (Å²) in [5, 5.41) is 0.408. The Kier molecular flexibility index (Phi) is 7.28. The molecule has 0 radical (unpaired) electrons. The van der Waals surface area contributed by atoms with Gasteiger partial charge in [0.25, 0.3) is 5.91 Å². The third-order valence-corrected chi connectivity index (χ3v) is 6.68. The number of hydrogen-bond donors (Lipinski definition) is 0. The minimum Gasteiger partial charge on any atom is -0.435 e. The molecular formula is C27H26ClF3N2O4. The second-order valence-electron chi connectivity index (χ2n) is 8.87. The Morgan fingerprint density at radius 2 is 1.70 bits per heavy atom. The van der Waals surface area contributed by atoms with Crippen molar-refractivity contribution in [2.24, 2.45) is 0 Å². The van der Waals surface area contributed by atoms with Crippen molar-refractivity contribution in [3.8, 4) is 11.1 Å². The molecular weight excluding hydrogens is 509 g/mol. The largest absolute Gasteiger partial charge is 0.510 e. The van der Waals surface area contributed by atoms with E-state index in [1.54, 1.807) is 61.5 Å². The molecule has 0 atom stereocenters. The van der Waals surface area contributed by atoms with Gasteiger partial charge in [-0.2, -0.15) is 13.2 Å². The van der Waals surface area contributed by atoms with E-state index in [-0.39, 0.29) is 30.0 Å². The van der Waals surface area contributed by atoms with Crippen LogP contribution >= 0.6 is 11.6 Å². The lowest BCUT2D eigenvalue weighted by molar-refractivity contribution is -0.143. The first-order valence-corrected chi connectivity index (χ1v) is 12.1. The zero-order valence-corrected chi connectivity index (χ0v) is 21.3. The number of amides is 1. The summed E-state index contributed by atoms with van der Waals surface area (Å²) in [6, 6.07) is 14.9. The van der Waals surface area contributed by atoms with Crippen LogP contribution in [0.25, 0.3) is 11.1 Å². The Bertz CT molecular complexity index is 1300. The van der Waals surface area contributed by atoms with Crippen LogP contribution in [0.2, 0.25) is 5.02 Å². The van der Waals surface area contributed by atoms with Crippen molar-refractivity contribution in [3.05, 3.63) is 82.1 Å². The number of aromatic nitrogens is 1. The van der Waals surface area contributed by atoms with Gasteiger partial charge in [-0.3, -0.25) is 4.79 Å². The van der Waals surface area contributed by atoms with Gasteiger partial charge < -0.3 is 18.9 Å². The van der Waals surface area contributed by atoms with Crippen LogP contribution in [0.5, 0.6) is 0 Å². The summed E-state index contributed by atoms with van der Waals surface area (Å²) < 4.78 is 54.8. The summed E-state index contributed by atoms with van der Waals surface area (Å²) in [6.07, 6.45) is -5.00. The van der Waals surface area contributed by atoms with E-state index in [0.29, 0.717) is 29.0 Å². The van der Waals surface area contributed by atoms with E-state index < -0.39 is 29.7 Å². The summed E-state index contributed by atoms with van der Waals surface area (Å²) in [6.45, 7) is 2.87. The van der Waals surface area contributed by atoms with Crippen molar-refractivity contribution in [1.82, 2.24) is 9.47 Å². The average molecular weight is 535 g/mol. The molecule has 2 aromatic carbocycles. The molecule has 0 aliphatic heterocycles. The van der Waals surface area contributed by atoms with Gasteiger partial charge in [0.2, 0.25) is 0 Å². The van der Waals surface area contributed by atoms with E-state index in [1.807, 2.05) is 0 Å². The third-order valence-electron chi connectivity index (χ3n) is 6.42. The number of alkyl halides is 3. The Balaban J connectivity index is 1.91. The van der Waals surface area contributed by atoms with Gasteiger partial charge in [0, 0.05) is 37.0 Å². The first-order chi connectivity index (χ1) is 17.5. The van der Waals surface area contributed by atoms with Gasteiger partial charge in [-0.15, -0.1) is 0 Å². The molecule has 0 saturated heterocycles. The molecule has 6 nitrogen and oxygen atoms in total. The average Bonchev–Trinajstić information content (AvgIpc) is 3.55.